The van der Waals surface area contributed by atoms with Crippen molar-refractivity contribution in [2.24, 2.45) is 0 Å². The van der Waals surface area contributed by atoms with E-state index in [9.17, 15) is 24.3 Å². The number of carbonyl (C=O) groups is 4. The molecule has 0 aromatic heterocycles. The van der Waals surface area contributed by atoms with Crippen LogP contribution >= 0.6 is 11.8 Å². The van der Waals surface area contributed by atoms with Crippen molar-refractivity contribution in [3.05, 3.63) is 34.9 Å². The summed E-state index contributed by atoms with van der Waals surface area (Å²) in [5.41, 5.74) is -0.163. The van der Waals surface area contributed by atoms with E-state index in [0.29, 0.717) is 10.7 Å². The Kier molecular flexibility index (Phi) is 4.51. The third-order valence-corrected chi connectivity index (χ3v) is 4.00. The maximum atomic E-state index is 12.3. The van der Waals surface area contributed by atoms with Gasteiger partial charge < -0.3 is 10.2 Å². The Morgan fingerprint density at radius 3 is 2.36 bits per heavy atom. The number of rotatable bonds is 6. The second-order valence-corrected chi connectivity index (χ2v) is 5.67. The van der Waals surface area contributed by atoms with Crippen molar-refractivity contribution in [2.45, 2.75) is 12.5 Å². The first kappa shape index (κ1) is 16.0. The predicted octanol–water partition coefficient (Wildman–Crippen LogP) is 1.19. The third-order valence-electron chi connectivity index (χ3n) is 3.36. The summed E-state index contributed by atoms with van der Waals surface area (Å²) >= 11 is 1.41. The number of benzene rings is 1. The molecule has 0 fully saturated rings. The fourth-order valence-electron chi connectivity index (χ4n) is 2.27. The van der Waals surface area contributed by atoms with Crippen LogP contribution in [0.3, 0.4) is 0 Å². The molecule has 8 heteroatoms. The molecule has 1 atom stereocenters. The van der Waals surface area contributed by atoms with Crippen molar-refractivity contribution >= 4 is 35.5 Å². The number of amides is 2. The number of hydrogen-bond acceptors (Lipinski definition) is 5. The van der Waals surface area contributed by atoms with Gasteiger partial charge in [0.25, 0.3) is 11.8 Å². The van der Waals surface area contributed by atoms with E-state index in [0.717, 1.165) is 6.07 Å². The molecule has 1 heterocycles. The van der Waals surface area contributed by atoms with Gasteiger partial charge in [-0.1, -0.05) is 0 Å². The first-order valence-corrected chi connectivity index (χ1v) is 7.74. The van der Waals surface area contributed by atoms with Crippen LogP contribution < -0.4 is 0 Å². The van der Waals surface area contributed by atoms with E-state index in [1.165, 1.54) is 23.9 Å². The summed E-state index contributed by atoms with van der Waals surface area (Å²) in [6.45, 7) is 0. The number of thioether (sulfide) groups is 1. The van der Waals surface area contributed by atoms with Gasteiger partial charge in [-0.3, -0.25) is 14.5 Å². The Morgan fingerprint density at radius 1 is 1.18 bits per heavy atom. The maximum absolute atomic E-state index is 12.3. The molecule has 22 heavy (non-hydrogen) atoms. The first-order chi connectivity index (χ1) is 10.4. The number of aromatic carboxylic acids is 1. The quantitative estimate of drug-likeness (QED) is 0.756. The van der Waals surface area contributed by atoms with E-state index in [1.807, 2.05) is 0 Å². The van der Waals surface area contributed by atoms with Gasteiger partial charge in [0, 0.05) is 0 Å². The molecule has 0 bridgehead atoms. The van der Waals surface area contributed by atoms with Crippen LogP contribution in [0.4, 0.5) is 0 Å². The van der Waals surface area contributed by atoms with Gasteiger partial charge in [0.15, 0.2) is 0 Å². The summed E-state index contributed by atoms with van der Waals surface area (Å²) in [7, 11) is 0. The van der Waals surface area contributed by atoms with Crippen LogP contribution in [0.25, 0.3) is 0 Å². The minimum absolute atomic E-state index is 0.0328. The van der Waals surface area contributed by atoms with Crippen LogP contribution in [0, 0.1) is 0 Å². The summed E-state index contributed by atoms with van der Waals surface area (Å²) in [5.74, 6) is -3.48. The minimum atomic E-state index is -1.26. The number of nitrogens with zero attached hydrogens (tertiary/aromatic N) is 1. The predicted molar refractivity (Wildman–Crippen MR) is 78.3 cm³/mol. The Morgan fingerprint density at radius 2 is 1.82 bits per heavy atom. The fraction of sp³-hybridized carbons (Fsp3) is 0.286. The summed E-state index contributed by atoms with van der Waals surface area (Å²) in [6, 6.07) is 2.30. The molecule has 0 spiro atoms. The molecule has 0 radical (unpaired) electrons. The van der Waals surface area contributed by atoms with E-state index >= 15 is 0 Å². The molecule has 0 saturated heterocycles. The highest BCUT2D eigenvalue weighted by Crippen LogP contribution is 2.27. The molecule has 2 rings (SSSR count). The normalized spacial score (nSPS) is 14.9. The molecular weight excluding hydrogens is 310 g/mol. The lowest BCUT2D eigenvalue weighted by Crippen LogP contribution is -2.45. The Hall–Kier alpha value is -2.35. The van der Waals surface area contributed by atoms with Gasteiger partial charge in [0.05, 0.1) is 16.7 Å². The standard InChI is InChI=1S/C14H13NO6S/c1-22-5-4-10(14(20)21)15-11(16)8-3-2-7(13(18)19)6-9(8)12(15)17/h2-3,6,10H,4-5H2,1H3,(H,18,19)(H,20,21)/t10-/m0/s1. The third kappa shape index (κ3) is 2.69. The highest BCUT2D eigenvalue weighted by Gasteiger charge is 2.42. The molecule has 0 aliphatic carbocycles. The Balaban J connectivity index is 2.40. The number of carboxylic acid groups (broad SMARTS) is 2. The highest BCUT2D eigenvalue weighted by molar-refractivity contribution is 7.98. The SMILES string of the molecule is CSCC[C@@H](C(=O)O)N1C(=O)c2ccc(C(=O)O)cc2C1=O. The van der Waals surface area contributed by atoms with E-state index in [2.05, 4.69) is 0 Å². The van der Waals surface area contributed by atoms with Crippen molar-refractivity contribution in [1.82, 2.24) is 4.90 Å². The van der Waals surface area contributed by atoms with Gasteiger partial charge in [-0.2, -0.15) is 11.8 Å². The van der Waals surface area contributed by atoms with Crippen molar-refractivity contribution in [2.75, 3.05) is 12.0 Å². The molecule has 1 aromatic rings. The molecule has 2 N–H and O–H groups in total. The molecule has 0 unspecified atom stereocenters. The first-order valence-electron chi connectivity index (χ1n) is 6.35. The zero-order valence-electron chi connectivity index (χ0n) is 11.6. The monoisotopic (exact) mass is 323 g/mol. The van der Waals surface area contributed by atoms with Crippen molar-refractivity contribution in [1.29, 1.82) is 0 Å². The van der Waals surface area contributed by atoms with Gasteiger partial charge in [-0.05, 0) is 36.6 Å². The van der Waals surface area contributed by atoms with E-state index in [1.54, 1.807) is 6.26 Å². The number of aliphatic carboxylic acids is 1. The van der Waals surface area contributed by atoms with Crippen LogP contribution in [-0.2, 0) is 4.79 Å². The summed E-state index contributed by atoms with van der Waals surface area (Å²) in [5, 5.41) is 18.2. The number of imide groups is 1. The molecular formula is C14H13NO6S. The molecule has 1 aromatic carbocycles. The molecule has 2 amide bonds. The van der Waals surface area contributed by atoms with Crippen LogP contribution in [0.5, 0.6) is 0 Å². The van der Waals surface area contributed by atoms with Crippen LogP contribution in [0.1, 0.15) is 37.5 Å². The number of fused-ring (bicyclic) bond motifs is 1. The topological polar surface area (TPSA) is 112 Å². The van der Waals surface area contributed by atoms with Crippen LogP contribution in [0.15, 0.2) is 18.2 Å². The highest BCUT2D eigenvalue weighted by atomic mass is 32.2. The summed E-state index contributed by atoms with van der Waals surface area (Å²) in [6.07, 6.45) is 1.92. The number of carboxylic acids is 2. The molecule has 116 valence electrons. The van der Waals surface area contributed by atoms with Crippen LogP contribution in [0.2, 0.25) is 0 Å². The van der Waals surface area contributed by atoms with E-state index < -0.39 is 29.8 Å². The van der Waals surface area contributed by atoms with Gasteiger partial charge in [0.1, 0.15) is 6.04 Å². The average Bonchev–Trinajstić information content (AvgIpc) is 2.72. The second kappa shape index (κ2) is 6.18. The largest absolute Gasteiger partial charge is 0.480 e. The van der Waals surface area contributed by atoms with Gasteiger partial charge in [0.2, 0.25) is 0 Å². The maximum Gasteiger partial charge on any atom is 0.335 e. The van der Waals surface area contributed by atoms with Crippen LogP contribution in [-0.4, -0.2) is 56.9 Å². The zero-order valence-corrected chi connectivity index (χ0v) is 12.4. The van der Waals surface area contributed by atoms with Gasteiger partial charge >= 0.3 is 11.9 Å². The van der Waals surface area contributed by atoms with Gasteiger partial charge in [-0.25, -0.2) is 9.59 Å². The van der Waals surface area contributed by atoms with Gasteiger partial charge in [-0.15, -0.1) is 0 Å². The van der Waals surface area contributed by atoms with E-state index in [4.69, 9.17) is 5.11 Å². The Labute approximate surface area is 129 Å². The van der Waals surface area contributed by atoms with Crippen molar-refractivity contribution in [3.8, 4) is 0 Å². The second-order valence-electron chi connectivity index (χ2n) is 4.68. The average molecular weight is 323 g/mol. The lowest BCUT2D eigenvalue weighted by atomic mass is 10.1. The summed E-state index contributed by atoms with van der Waals surface area (Å²) in [4.78, 5) is 47.6. The molecule has 1 aliphatic rings. The summed E-state index contributed by atoms with van der Waals surface area (Å²) < 4.78 is 0. The number of carbonyl (C=O) groups excluding carboxylic acids is 2. The molecule has 7 nitrogen and oxygen atoms in total. The number of hydrogen-bond donors (Lipinski definition) is 2. The smallest absolute Gasteiger partial charge is 0.335 e. The minimum Gasteiger partial charge on any atom is -0.480 e. The molecule has 0 saturated carbocycles. The van der Waals surface area contributed by atoms with Crippen molar-refractivity contribution in [3.63, 3.8) is 0 Å². The zero-order chi connectivity index (χ0) is 16.4. The fourth-order valence-corrected chi connectivity index (χ4v) is 2.73. The lowest BCUT2D eigenvalue weighted by molar-refractivity contribution is -0.141. The lowest BCUT2D eigenvalue weighted by Gasteiger charge is -2.22. The van der Waals surface area contributed by atoms with E-state index in [-0.39, 0.29) is 23.1 Å². The van der Waals surface area contributed by atoms with Crippen molar-refractivity contribution < 1.29 is 29.4 Å². The Bertz CT molecular complexity index is 671. The molecule has 1 aliphatic heterocycles.